The molecular weight excluding hydrogens is 273 g/mol. The van der Waals surface area contributed by atoms with Gasteiger partial charge in [0, 0.05) is 24.8 Å². The van der Waals surface area contributed by atoms with E-state index in [4.69, 9.17) is 23.0 Å². The molecule has 3 heterocycles. The van der Waals surface area contributed by atoms with Crippen LogP contribution in [0.25, 0.3) is 0 Å². The predicted molar refractivity (Wildman–Crippen MR) is 83.0 cm³/mol. The maximum absolute atomic E-state index is 8.26. The Morgan fingerprint density at radius 3 is 2.70 bits per heavy atom. The van der Waals surface area contributed by atoms with Gasteiger partial charge in [0.1, 0.15) is 0 Å². The first-order valence-corrected chi connectivity index (χ1v) is 6.97. The van der Waals surface area contributed by atoms with Gasteiger partial charge in [-0.3, -0.25) is 0 Å². The van der Waals surface area contributed by atoms with Gasteiger partial charge in [-0.15, -0.1) is 11.3 Å². The van der Waals surface area contributed by atoms with Crippen molar-refractivity contribution in [3.63, 3.8) is 0 Å². The Labute approximate surface area is 139 Å². The lowest BCUT2D eigenvalue weighted by Gasteiger charge is -2.38. The molecule has 0 N–H and O–H groups in total. The van der Waals surface area contributed by atoms with Crippen LogP contribution < -0.4 is 9.68 Å². The summed E-state index contributed by atoms with van der Waals surface area (Å²) in [4.78, 5) is 0.471. The highest BCUT2D eigenvalue weighted by molar-refractivity contribution is 7.25. The normalized spacial score (nSPS) is 39.6. The fourth-order valence-electron chi connectivity index (χ4n) is 1.78. The van der Waals surface area contributed by atoms with Crippen molar-refractivity contribution in [2.45, 2.75) is 45.0 Å². The molecule has 0 unspecified atom stereocenters. The number of hydrogen-bond acceptors (Lipinski definition) is 5. The van der Waals surface area contributed by atoms with Gasteiger partial charge in [0.2, 0.25) is 0 Å². The van der Waals surface area contributed by atoms with Crippen LogP contribution in [0.1, 0.15) is 41.4 Å². The number of hydrogen-bond donors (Lipinski definition) is 0. The lowest BCUT2D eigenvalue weighted by Crippen LogP contribution is -2.51. The molecule has 0 radical (unpaired) electrons. The molecule has 1 aromatic heterocycles. The van der Waals surface area contributed by atoms with E-state index in [0.717, 1.165) is 11.3 Å². The van der Waals surface area contributed by atoms with Gasteiger partial charge < -0.3 is 18.9 Å². The average Bonchev–Trinajstić information content (AvgIpc) is 2.91. The zero-order chi connectivity index (χ0) is 23.3. The molecule has 6 heteroatoms. The number of nitrogens with zero attached hydrogens (tertiary/aromatic N) is 1. The minimum absolute atomic E-state index is 0.152. The van der Waals surface area contributed by atoms with E-state index in [9.17, 15) is 0 Å². The molecule has 0 saturated carbocycles. The minimum atomic E-state index is -3.21. The van der Waals surface area contributed by atoms with E-state index < -0.39 is 50.5 Å². The van der Waals surface area contributed by atoms with Crippen LogP contribution in [0, 0.1) is 0 Å². The third-order valence-corrected chi connectivity index (χ3v) is 4.69. The molecule has 0 amide bonds. The smallest absolute Gasteiger partial charge is 0.399 e. The van der Waals surface area contributed by atoms with Crippen LogP contribution in [0.3, 0.4) is 0 Å². The molecule has 110 valence electrons. The lowest BCUT2D eigenvalue weighted by atomic mass is 9.88. The minimum Gasteiger partial charge on any atom is -0.399 e. The Hall–Kier alpha value is -0.555. The van der Waals surface area contributed by atoms with E-state index in [-0.39, 0.29) is 15.8 Å². The molecule has 1 aromatic rings. The number of thiophene rings is 1. The third kappa shape index (κ3) is 2.28. The van der Waals surface area contributed by atoms with E-state index in [1.54, 1.807) is 27.7 Å². The molecular formula is C14H22BNO3S. The van der Waals surface area contributed by atoms with E-state index in [1.807, 2.05) is 0 Å². The maximum atomic E-state index is 8.26. The van der Waals surface area contributed by atoms with Crippen molar-refractivity contribution in [3.8, 4) is 0 Å². The van der Waals surface area contributed by atoms with Gasteiger partial charge >= 0.3 is 7.12 Å². The summed E-state index contributed by atoms with van der Waals surface area (Å²) in [6.07, 6.45) is -3.08. The maximum Gasteiger partial charge on any atom is 0.505 e. The highest BCUT2D eigenvalue weighted by Crippen LogP contribution is 2.37. The first kappa shape index (κ1) is 6.69. The van der Waals surface area contributed by atoms with Gasteiger partial charge in [-0.05, 0) is 39.8 Å². The van der Waals surface area contributed by atoms with Gasteiger partial charge in [-0.1, -0.05) is 0 Å². The molecule has 2 saturated heterocycles. The number of anilines is 1. The molecule has 0 atom stereocenters. The van der Waals surface area contributed by atoms with Gasteiger partial charge in [0.15, 0.2) is 0 Å². The van der Waals surface area contributed by atoms with Crippen molar-refractivity contribution in [1.82, 2.24) is 0 Å². The topological polar surface area (TPSA) is 30.9 Å². The van der Waals surface area contributed by atoms with Crippen LogP contribution in [0.2, 0.25) is 0 Å². The monoisotopic (exact) mass is 305 g/mol. The summed E-state index contributed by atoms with van der Waals surface area (Å²) in [5.41, 5.74) is -1.44. The fraction of sp³-hybridized carbons (Fsp3) is 0.714. The van der Waals surface area contributed by atoms with Crippen LogP contribution in [0.4, 0.5) is 5.00 Å². The molecule has 0 aromatic carbocycles. The zero-order valence-corrected chi connectivity index (χ0v) is 12.5. The summed E-state index contributed by atoms with van der Waals surface area (Å²) in [6, 6.07) is -0.798. The highest BCUT2D eigenvalue weighted by atomic mass is 32.1. The van der Waals surface area contributed by atoms with Crippen molar-refractivity contribution in [3.05, 3.63) is 12.1 Å². The second-order valence-corrected chi connectivity index (χ2v) is 6.63. The van der Waals surface area contributed by atoms with Gasteiger partial charge in [0.25, 0.3) is 0 Å². The highest BCUT2D eigenvalue weighted by Gasteiger charge is 2.52. The SMILES string of the molecule is [2H]c1c(B2OC(C)(C)C(C)(C)O2)sc(N2C([2H])([2H])C([2H])(OC([2H])([2H])[2H])C2([2H])[2H])c1[2H]. The Balaban J connectivity index is 2.02. The quantitative estimate of drug-likeness (QED) is 0.798. The van der Waals surface area contributed by atoms with Crippen LogP contribution in [0.5, 0.6) is 0 Å². The molecule has 0 bridgehead atoms. The predicted octanol–water partition coefficient (Wildman–Crippen LogP) is 1.88. The van der Waals surface area contributed by atoms with Gasteiger partial charge in [-0.2, -0.15) is 0 Å². The van der Waals surface area contributed by atoms with Crippen molar-refractivity contribution < 1.29 is 27.8 Å². The van der Waals surface area contributed by atoms with Gasteiger partial charge in [0.05, 0.1) is 36.0 Å². The molecule has 2 aliphatic rings. The van der Waals surface area contributed by atoms with Crippen molar-refractivity contribution in [1.29, 1.82) is 0 Å². The summed E-state index contributed by atoms with van der Waals surface area (Å²) < 4.78 is 95.1. The second kappa shape index (κ2) is 4.73. The van der Waals surface area contributed by atoms with Crippen molar-refractivity contribution in [2.75, 3.05) is 24.9 Å². The van der Waals surface area contributed by atoms with Crippen LogP contribution >= 0.6 is 11.3 Å². The summed E-state index contributed by atoms with van der Waals surface area (Å²) in [6.45, 7) is 1.37. The summed E-state index contributed by atoms with van der Waals surface area (Å²) >= 11 is 0.734. The summed E-state index contributed by atoms with van der Waals surface area (Å²) in [7, 11) is -4.22. The number of ether oxygens (including phenoxy) is 1. The second-order valence-electron chi connectivity index (χ2n) is 5.60. The molecule has 0 spiro atoms. The summed E-state index contributed by atoms with van der Waals surface area (Å²) in [5, 5.41) is -0.281. The fourth-order valence-corrected chi connectivity index (χ4v) is 2.57. The van der Waals surface area contributed by atoms with Gasteiger partial charge in [-0.25, -0.2) is 0 Å². The molecule has 2 aliphatic heterocycles. The Bertz CT molecular complexity index is 839. The van der Waals surface area contributed by atoms with Crippen molar-refractivity contribution in [2.24, 2.45) is 0 Å². The van der Waals surface area contributed by atoms with E-state index >= 15 is 0 Å². The van der Waals surface area contributed by atoms with Crippen LogP contribution in [0.15, 0.2) is 12.1 Å². The van der Waals surface area contributed by atoms with Crippen LogP contribution in [-0.4, -0.2) is 44.4 Å². The van der Waals surface area contributed by atoms with Crippen molar-refractivity contribution >= 4 is 28.2 Å². The zero-order valence-electron chi connectivity index (χ0n) is 21.7. The lowest BCUT2D eigenvalue weighted by molar-refractivity contribution is 0.00578. The Kier molecular flexibility index (Phi) is 1.58. The first-order valence-electron chi connectivity index (χ1n) is 11.2. The molecule has 3 rings (SSSR count). The van der Waals surface area contributed by atoms with E-state index in [1.165, 1.54) is 0 Å². The summed E-state index contributed by atoms with van der Waals surface area (Å²) in [5.74, 6) is 0. The largest absolute Gasteiger partial charge is 0.505 e. The number of rotatable bonds is 3. The molecule has 0 aliphatic carbocycles. The standard InChI is InChI=1S/C14H22BNO3S/c1-13(2)14(3,4)19-15(18-13)11-6-7-12(20-11)16-8-10(9-16)17-5/h6-7,10H,8-9H2,1-5H3/i5D3,6D,7D,8D2,9D2,10D. The Morgan fingerprint density at radius 1 is 1.45 bits per heavy atom. The van der Waals surface area contributed by atoms with Crippen LogP contribution in [-0.2, 0) is 14.0 Å². The third-order valence-electron chi connectivity index (χ3n) is 3.70. The Morgan fingerprint density at radius 2 is 2.10 bits per heavy atom. The van der Waals surface area contributed by atoms with E-state index in [0.29, 0.717) is 4.90 Å². The first-order chi connectivity index (χ1) is 13.2. The van der Waals surface area contributed by atoms with E-state index in [2.05, 4.69) is 4.74 Å². The molecule has 20 heavy (non-hydrogen) atoms. The average molecular weight is 305 g/mol. The number of methoxy groups -OCH3 is 1. The molecule has 2 fully saturated rings. The molecule has 4 nitrogen and oxygen atoms in total.